The maximum Gasteiger partial charge on any atom is 0.253 e. The molecule has 5 aromatic rings. The Morgan fingerprint density at radius 2 is 1.92 bits per heavy atom. The van der Waals surface area contributed by atoms with E-state index in [9.17, 15) is 4.79 Å². The second-order valence-electron chi connectivity index (χ2n) is 10.5. The Balaban J connectivity index is 1.22. The van der Waals surface area contributed by atoms with Crippen molar-refractivity contribution in [2.75, 3.05) is 0 Å². The van der Waals surface area contributed by atoms with Crippen LogP contribution in [-0.4, -0.2) is 30.2 Å². The van der Waals surface area contributed by atoms with Gasteiger partial charge in [0, 0.05) is 12.3 Å². The maximum absolute atomic E-state index is 13.8. The molecule has 2 aliphatic rings. The highest BCUT2D eigenvalue weighted by atomic mass is 35.5. The van der Waals surface area contributed by atoms with Crippen LogP contribution in [0, 0.1) is 6.92 Å². The molecule has 2 aromatic heterocycles. The van der Waals surface area contributed by atoms with Crippen LogP contribution in [0.1, 0.15) is 58.3 Å². The van der Waals surface area contributed by atoms with Gasteiger partial charge in [-0.15, -0.1) is 0 Å². The molecule has 1 aliphatic heterocycles. The van der Waals surface area contributed by atoms with E-state index >= 15 is 0 Å². The van der Waals surface area contributed by atoms with Crippen LogP contribution in [0.25, 0.3) is 16.7 Å². The SMILES string of the molecule is Cc1ccc2c(c1)nc1n2C[C@@](NC(=O)c2ccc(-n3cnc(C4CC4)n3)cc2Cl)(c2ccccc2)CC1. The van der Waals surface area contributed by atoms with E-state index < -0.39 is 5.54 Å². The second kappa shape index (κ2) is 8.81. The molecule has 1 saturated carbocycles. The van der Waals surface area contributed by atoms with Gasteiger partial charge >= 0.3 is 0 Å². The topological polar surface area (TPSA) is 77.6 Å². The summed E-state index contributed by atoms with van der Waals surface area (Å²) in [5.41, 5.74) is 4.94. The van der Waals surface area contributed by atoms with Crippen molar-refractivity contribution in [3.63, 3.8) is 0 Å². The first kappa shape index (κ1) is 23.2. The van der Waals surface area contributed by atoms with E-state index in [2.05, 4.69) is 57.2 Å². The molecule has 38 heavy (non-hydrogen) atoms. The number of hydrogen-bond acceptors (Lipinski definition) is 4. The third kappa shape index (κ3) is 3.98. The zero-order chi connectivity index (χ0) is 25.9. The molecular weight excluding hydrogens is 496 g/mol. The van der Waals surface area contributed by atoms with Crippen molar-refractivity contribution in [2.45, 2.75) is 50.6 Å². The highest BCUT2D eigenvalue weighted by Crippen LogP contribution is 2.38. The molecule has 190 valence electrons. The first-order valence-corrected chi connectivity index (χ1v) is 13.4. The quantitative estimate of drug-likeness (QED) is 0.320. The standard InChI is InChI=1S/C30H27ClN6O/c1-19-7-12-26-25(15-19)33-27-13-14-30(17-36(26)27,21-5-3-2-4-6-21)34-29(38)23-11-10-22(16-24(23)31)37-18-32-28(35-37)20-8-9-20/h2-7,10-12,15-16,18,20H,8-9,13-14,17H2,1H3,(H,34,38)/t30-/m1/s1. The van der Waals surface area contributed by atoms with Crippen LogP contribution in [0.2, 0.25) is 5.02 Å². The molecule has 3 heterocycles. The number of benzene rings is 3. The predicted octanol–water partition coefficient (Wildman–Crippen LogP) is 5.73. The van der Waals surface area contributed by atoms with Gasteiger partial charge in [-0.1, -0.05) is 48.0 Å². The number of aryl methyl sites for hydroxylation is 2. The van der Waals surface area contributed by atoms with Crippen molar-refractivity contribution in [1.82, 2.24) is 29.6 Å². The molecule has 0 unspecified atom stereocenters. The molecule has 1 fully saturated rings. The van der Waals surface area contributed by atoms with Crippen molar-refractivity contribution in [2.24, 2.45) is 0 Å². The highest BCUT2D eigenvalue weighted by molar-refractivity contribution is 6.34. The zero-order valence-electron chi connectivity index (χ0n) is 21.1. The molecule has 1 amide bonds. The number of hydrogen-bond donors (Lipinski definition) is 1. The summed E-state index contributed by atoms with van der Waals surface area (Å²) in [6, 6.07) is 22.0. The molecule has 3 aromatic carbocycles. The highest BCUT2D eigenvalue weighted by Gasteiger charge is 2.39. The summed E-state index contributed by atoms with van der Waals surface area (Å²) in [6.45, 7) is 2.67. The Labute approximate surface area is 225 Å². The van der Waals surface area contributed by atoms with Gasteiger partial charge < -0.3 is 9.88 Å². The van der Waals surface area contributed by atoms with E-state index in [0.717, 1.165) is 59.6 Å². The van der Waals surface area contributed by atoms with Gasteiger partial charge in [0.15, 0.2) is 5.82 Å². The molecule has 0 bridgehead atoms. The van der Waals surface area contributed by atoms with E-state index in [1.807, 2.05) is 24.3 Å². The zero-order valence-corrected chi connectivity index (χ0v) is 21.8. The summed E-state index contributed by atoms with van der Waals surface area (Å²) < 4.78 is 3.97. The van der Waals surface area contributed by atoms with Crippen LogP contribution in [0.4, 0.5) is 0 Å². The fourth-order valence-electron chi connectivity index (χ4n) is 5.54. The van der Waals surface area contributed by atoms with Crippen molar-refractivity contribution >= 4 is 28.5 Å². The molecule has 1 atom stereocenters. The van der Waals surface area contributed by atoms with Crippen LogP contribution < -0.4 is 5.32 Å². The average Bonchev–Trinajstić information content (AvgIpc) is 3.55. The summed E-state index contributed by atoms with van der Waals surface area (Å²) in [4.78, 5) is 23.1. The Morgan fingerprint density at radius 1 is 1.08 bits per heavy atom. The lowest BCUT2D eigenvalue weighted by Crippen LogP contribution is -2.51. The molecule has 1 aliphatic carbocycles. The number of halogens is 1. The van der Waals surface area contributed by atoms with Crippen molar-refractivity contribution < 1.29 is 4.79 Å². The number of amides is 1. The van der Waals surface area contributed by atoms with Crippen LogP contribution in [0.15, 0.2) is 73.1 Å². The molecule has 8 heteroatoms. The van der Waals surface area contributed by atoms with E-state index in [-0.39, 0.29) is 5.91 Å². The number of fused-ring (bicyclic) bond motifs is 3. The first-order chi connectivity index (χ1) is 18.5. The lowest BCUT2D eigenvalue weighted by molar-refractivity contribution is 0.0867. The molecule has 0 radical (unpaired) electrons. The van der Waals surface area contributed by atoms with Gasteiger partial charge in [0.2, 0.25) is 0 Å². The van der Waals surface area contributed by atoms with Gasteiger partial charge in [0.25, 0.3) is 5.91 Å². The smallest absolute Gasteiger partial charge is 0.253 e. The fourth-order valence-corrected chi connectivity index (χ4v) is 5.80. The maximum atomic E-state index is 13.8. The van der Waals surface area contributed by atoms with E-state index in [1.54, 1.807) is 23.1 Å². The van der Waals surface area contributed by atoms with E-state index in [1.165, 1.54) is 5.56 Å². The first-order valence-electron chi connectivity index (χ1n) is 13.0. The average molecular weight is 523 g/mol. The molecule has 0 spiro atoms. The lowest BCUT2D eigenvalue weighted by atomic mass is 9.82. The van der Waals surface area contributed by atoms with Gasteiger partial charge in [-0.3, -0.25) is 4.79 Å². The van der Waals surface area contributed by atoms with Crippen molar-refractivity contribution in [1.29, 1.82) is 0 Å². The van der Waals surface area contributed by atoms with E-state index in [0.29, 0.717) is 23.0 Å². The van der Waals surface area contributed by atoms with Gasteiger partial charge in [-0.05, 0) is 67.6 Å². The number of carbonyl (C=O) groups excluding carboxylic acids is 1. The third-order valence-corrected chi connectivity index (χ3v) is 8.09. The molecule has 7 rings (SSSR count). The number of imidazole rings is 1. The van der Waals surface area contributed by atoms with Crippen molar-refractivity contribution in [3.8, 4) is 5.69 Å². The van der Waals surface area contributed by atoms with Crippen molar-refractivity contribution in [3.05, 3.63) is 106 Å². The summed E-state index contributed by atoms with van der Waals surface area (Å²) in [6.07, 6.45) is 5.49. The summed E-state index contributed by atoms with van der Waals surface area (Å²) >= 11 is 6.68. The lowest BCUT2D eigenvalue weighted by Gasteiger charge is -2.39. The van der Waals surface area contributed by atoms with Gasteiger partial charge in [0.1, 0.15) is 12.2 Å². The predicted molar refractivity (Wildman–Crippen MR) is 147 cm³/mol. The summed E-state index contributed by atoms with van der Waals surface area (Å²) in [5, 5.41) is 8.36. The summed E-state index contributed by atoms with van der Waals surface area (Å²) in [5.74, 6) is 2.18. The number of carbonyl (C=O) groups is 1. The molecule has 7 nitrogen and oxygen atoms in total. The van der Waals surface area contributed by atoms with Gasteiger partial charge in [-0.2, -0.15) is 5.10 Å². The largest absolute Gasteiger partial charge is 0.341 e. The number of nitrogens with zero attached hydrogens (tertiary/aromatic N) is 5. The minimum atomic E-state index is -0.600. The Bertz CT molecular complexity index is 1690. The molecule has 1 N–H and O–H groups in total. The fraction of sp³-hybridized carbons (Fsp3) is 0.267. The number of nitrogens with one attached hydrogen (secondary N) is 1. The third-order valence-electron chi connectivity index (χ3n) is 7.78. The minimum absolute atomic E-state index is 0.202. The molecular formula is C30H27ClN6O. The number of aromatic nitrogens is 5. The Hall–Kier alpha value is -3.97. The summed E-state index contributed by atoms with van der Waals surface area (Å²) in [7, 11) is 0. The van der Waals surface area contributed by atoms with Crippen LogP contribution in [0.3, 0.4) is 0 Å². The van der Waals surface area contributed by atoms with Crippen LogP contribution in [-0.2, 0) is 18.5 Å². The normalized spacial score (nSPS) is 18.9. The monoisotopic (exact) mass is 522 g/mol. The van der Waals surface area contributed by atoms with Gasteiger partial charge in [-0.25, -0.2) is 14.6 Å². The van der Waals surface area contributed by atoms with Gasteiger partial charge in [0.05, 0.1) is 39.4 Å². The van der Waals surface area contributed by atoms with E-state index in [4.69, 9.17) is 16.6 Å². The van der Waals surface area contributed by atoms with Crippen LogP contribution >= 0.6 is 11.6 Å². The Kier molecular flexibility index (Phi) is 5.37. The second-order valence-corrected chi connectivity index (χ2v) is 10.9. The molecule has 0 saturated heterocycles. The number of rotatable bonds is 5. The minimum Gasteiger partial charge on any atom is -0.341 e. The van der Waals surface area contributed by atoms with Crippen LogP contribution in [0.5, 0.6) is 0 Å². The Morgan fingerprint density at radius 3 is 2.71 bits per heavy atom.